The third-order valence-electron chi connectivity index (χ3n) is 3.57. The van der Waals surface area contributed by atoms with Crippen LogP contribution in [-0.2, 0) is 4.74 Å². The van der Waals surface area contributed by atoms with Crippen molar-refractivity contribution in [3.05, 3.63) is 46.7 Å². The average Bonchev–Trinajstić information content (AvgIpc) is 2.69. The number of carbonyl (C=O) groups is 2. The molecule has 144 valence electrons. The summed E-state index contributed by atoms with van der Waals surface area (Å²) in [5.41, 5.74) is 0.768. The number of hydrogen-bond donors (Lipinski definition) is 2. The second-order valence-electron chi connectivity index (χ2n) is 5.32. The number of nitrogens with zero attached hydrogens (tertiary/aromatic N) is 1. The van der Waals surface area contributed by atoms with Gasteiger partial charge in [-0.15, -0.1) is 0 Å². The van der Waals surface area contributed by atoms with Gasteiger partial charge >= 0.3 is 0 Å². The summed E-state index contributed by atoms with van der Waals surface area (Å²) in [6.45, 7) is 0.722. The third kappa shape index (κ3) is 5.32. The molecule has 1 heterocycles. The Morgan fingerprint density at radius 3 is 2.48 bits per heavy atom. The van der Waals surface area contributed by atoms with Crippen molar-refractivity contribution >= 4 is 29.1 Å². The minimum absolute atomic E-state index is 0.124. The lowest BCUT2D eigenvalue weighted by Crippen LogP contribution is -2.28. The van der Waals surface area contributed by atoms with Crippen molar-refractivity contribution in [3.8, 4) is 11.5 Å². The van der Waals surface area contributed by atoms with Crippen molar-refractivity contribution in [2.75, 3.05) is 39.8 Å². The van der Waals surface area contributed by atoms with E-state index >= 15 is 0 Å². The fourth-order valence-corrected chi connectivity index (χ4v) is 2.44. The van der Waals surface area contributed by atoms with Gasteiger partial charge in [-0.2, -0.15) is 0 Å². The van der Waals surface area contributed by atoms with Gasteiger partial charge in [0, 0.05) is 37.5 Å². The van der Waals surface area contributed by atoms with Crippen molar-refractivity contribution in [1.29, 1.82) is 0 Å². The highest BCUT2D eigenvalue weighted by molar-refractivity contribution is 6.32. The highest BCUT2D eigenvalue weighted by atomic mass is 35.5. The van der Waals surface area contributed by atoms with E-state index in [4.69, 9.17) is 25.8 Å². The first kappa shape index (κ1) is 20.5. The van der Waals surface area contributed by atoms with Crippen molar-refractivity contribution in [1.82, 2.24) is 10.3 Å². The minimum Gasteiger partial charge on any atom is -0.495 e. The van der Waals surface area contributed by atoms with Gasteiger partial charge in [0.25, 0.3) is 11.8 Å². The molecule has 27 heavy (non-hydrogen) atoms. The molecule has 2 aromatic rings. The number of rotatable bonds is 8. The molecule has 0 aliphatic carbocycles. The zero-order valence-corrected chi connectivity index (χ0v) is 15.9. The van der Waals surface area contributed by atoms with E-state index < -0.39 is 11.8 Å². The Labute approximate surface area is 161 Å². The molecule has 1 aromatic heterocycles. The molecule has 0 radical (unpaired) electrons. The van der Waals surface area contributed by atoms with E-state index in [9.17, 15) is 9.59 Å². The van der Waals surface area contributed by atoms with Crippen LogP contribution in [0.4, 0.5) is 5.69 Å². The minimum atomic E-state index is -0.439. The van der Waals surface area contributed by atoms with Gasteiger partial charge in [-0.3, -0.25) is 14.6 Å². The molecule has 0 spiro atoms. The standard InChI is InChI=1S/C18H20ClN3O5/c1-25-7-6-21-18(24)14-8-11(4-5-20-14)17(23)22-13-10-15(26-2)12(19)9-16(13)27-3/h4-5,8-10H,6-7H2,1-3H3,(H,21,24)(H,22,23). The van der Waals surface area contributed by atoms with E-state index in [2.05, 4.69) is 15.6 Å². The van der Waals surface area contributed by atoms with E-state index in [0.29, 0.717) is 35.4 Å². The number of anilines is 1. The second kappa shape index (κ2) is 9.75. The number of carbonyl (C=O) groups excluding carboxylic acids is 2. The molecular formula is C18H20ClN3O5. The van der Waals surface area contributed by atoms with Gasteiger partial charge in [-0.25, -0.2) is 0 Å². The van der Waals surface area contributed by atoms with Crippen molar-refractivity contribution in [2.45, 2.75) is 0 Å². The summed E-state index contributed by atoms with van der Waals surface area (Å²) in [5.74, 6) is -0.0695. The Morgan fingerprint density at radius 1 is 1.07 bits per heavy atom. The summed E-state index contributed by atoms with van der Waals surface area (Å²) < 4.78 is 15.3. The van der Waals surface area contributed by atoms with Crippen molar-refractivity contribution in [2.24, 2.45) is 0 Å². The van der Waals surface area contributed by atoms with Crippen LogP contribution in [0.15, 0.2) is 30.5 Å². The molecular weight excluding hydrogens is 374 g/mol. The Kier molecular flexibility index (Phi) is 7.39. The Hall–Kier alpha value is -2.84. The van der Waals surface area contributed by atoms with Crippen LogP contribution in [0, 0.1) is 0 Å². The lowest BCUT2D eigenvalue weighted by Gasteiger charge is -2.13. The fraction of sp³-hybridized carbons (Fsp3) is 0.278. The molecule has 1 aromatic carbocycles. The summed E-state index contributed by atoms with van der Waals surface area (Å²) in [4.78, 5) is 28.6. The van der Waals surface area contributed by atoms with Crippen molar-refractivity contribution < 1.29 is 23.8 Å². The number of methoxy groups -OCH3 is 3. The number of hydrogen-bond acceptors (Lipinski definition) is 6. The first-order valence-electron chi connectivity index (χ1n) is 7.96. The van der Waals surface area contributed by atoms with Gasteiger partial charge in [-0.05, 0) is 12.1 Å². The van der Waals surface area contributed by atoms with Gasteiger partial charge in [0.1, 0.15) is 17.2 Å². The highest BCUT2D eigenvalue weighted by Crippen LogP contribution is 2.36. The summed E-state index contributed by atoms with van der Waals surface area (Å²) in [6.07, 6.45) is 1.39. The lowest BCUT2D eigenvalue weighted by atomic mass is 10.2. The van der Waals surface area contributed by atoms with Crippen LogP contribution in [-0.4, -0.2) is 51.3 Å². The van der Waals surface area contributed by atoms with Gasteiger partial charge in [-0.1, -0.05) is 11.6 Å². The number of benzene rings is 1. The fourth-order valence-electron chi connectivity index (χ4n) is 2.21. The van der Waals surface area contributed by atoms with Crippen LogP contribution in [0.25, 0.3) is 0 Å². The second-order valence-corrected chi connectivity index (χ2v) is 5.73. The zero-order valence-electron chi connectivity index (χ0n) is 15.2. The molecule has 0 aliphatic heterocycles. The maximum absolute atomic E-state index is 12.6. The highest BCUT2D eigenvalue weighted by Gasteiger charge is 2.15. The Morgan fingerprint density at radius 2 is 1.81 bits per heavy atom. The molecule has 0 fully saturated rings. The number of halogens is 1. The molecule has 0 saturated carbocycles. The van der Waals surface area contributed by atoms with E-state index in [1.54, 1.807) is 6.07 Å². The summed E-state index contributed by atoms with van der Waals surface area (Å²) in [5, 5.41) is 5.72. The maximum Gasteiger partial charge on any atom is 0.269 e. The summed E-state index contributed by atoms with van der Waals surface area (Å²) in [7, 11) is 4.47. The zero-order chi connectivity index (χ0) is 19.8. The molecule has 2 N–H and O–H groups in total. The largest absolute Gasteiger partial charge is 0.495 e. The Balaban J connectivity index is 2.19. The normalized spacial score (nSPS) is 10.2. The lowest BCUT2D eigenvalue weighted by molar-refractivity contribution is 0.0932. The number of ether oxygens (including phenoxy) is 3. The van der Waals surface area contributed by atoms with Gasteiger partial charge < -0.3 is 24.8 Å². The van der Waals surface area contributed by atoms with Gasteiger partial charge in [0.2, 0.25) is 0 Å². The van der Waals surface area contributed by atoms with Crippen LogP contribution in [0.5, 0.6) is 11.5 Å². The predicted octanol–water partition coefficient (Wildman–Crippen LogP) is 2.38. The SMILES string of the molecule is COCCNC(=O)c1cc(C(=O)Nc2cc(OC)c(Cl)cc2OC)ccn1. The maximum atomic E-state index is 12.6. The van der Waals surface area contributed by atoms with Crippen LogP contribution in [0.3, 0.4) is 0 Å². The molecule has 8 nitrogen and oxygen atoms in total. The van der Waals surface area contributed by atoms with E-state index in [0.717, 1.165) is 0 Å². The monoisotopic (exact) mass is 393 g/mol. The molecule has 2 rings (SSSR count). The van der Waals surface area contributed by atoms with Gasteiger partial charge in [0.15, 0.2) is 0 Å². The first-order chi connectivity index (χ1) is 13.0. The number of pyridine rings is 1. The van der Waals surface area contributed by atoms with Crippen molar-refractivity contribution in [3.63, 3.8) is 0 Å². The molecule has 0 aliphatic rings. The molecule has 0 atom stereocenters. The molecule has 0 bridgehead atoms. The predicted molar refractivity (Wildman–Crippen MR) is 101 cm³/mol. The number of aromatic nitrogens is 1. The van der Waals surface area contributed by atoms with Crippen LogP contribution >= 0.6 is 11.6 Å². The average molecular weight is 394 g/mol. The summed E-state index contributed by atoms with van der Waals surface area (Å²) >= 11 is 6.06. The number of nitrogens with one attached hydrogen (secondary N) is 2. The van der Waals surface area contributed by atoms with E-state index in [1.165, 1.54) is 45.7 Å². The quantitative estimate of drug-likeness (QED) is 0.668. The van der Waals surface area contributed by atoms with E-state index in [-0.39, 0.29) is 11.3 Å². The smallest absolute Gasteiger partial charge is 0.269 e. The molecule has 9 heteroatoms. The van der Waals surface area contributed by atoms with E-state index in [1.807, 2.05) is 0 Å². The first-order valence-corrected chi connectivity index (χ1v) is 8.34. The van der Waals surface area contributed by atoms with Crippen LogP contribution in [0.1, 0.15) is 20.8 Å². The van der Waals surface area contributed by atoms with Gasteiger partial charge in [0.05, 0.1) is 31.5 Å². The Bertz CT molecular complexity index is 829. The third-order valence-corrected chi connectivity index (χ3v) is 3.86. The number of amides is 2. The molecule has 2 amide bonds. The summed E-state index contributed by atoms with van der Waals surface area (Å²) in [6, 6.07) is 5.99. The molecule has 0 unspecified atom stereocenters. The topological polar surface area (TPSA) is 98.8 Å². The van der Waals surface area contributed by atoms with Crippen LogP contribution < -0.4 is 20.1 Å². The molecule has 0 saturated heterocycles. The van der Waals surface area contributed by atoms with Crippen LogP contribution in [0.2, 0.25) is 5.02 Å².